The van der Waals surface area contributed by atoms with Gasteiger partial charge in [-0.15, -0.1) is 0 Å². The van der Waals surface area contributed by atoms with Gasteiger partial charge in [0.15, 0.2) is 5.76 Å². The van der Waals surface area contributed by atoms with Gasteiger partial charge in [-0.25, -0.2) is 4.68 Å². The van der Waals surface area contributed by atoms with Crippen LogP contribution in [-0.2, 0) is 0 Å². The third-order valence-corrected chi connectivity index (χ3v) is 3.15. The van der Waals surface area contributed by atoms with Gasteiger partial charge in [0.25, 0.3) is 11.6 Å². The molecule has 3 rings (SSSR count). The van der Waals surface area contributed by atoms with Crippen molar-refractivity contribution < 1.29 is 14.1 Å². The number of carbonyl (C=O) groups is 1. The lowest BCUT2D eigenvalue weighted by atomic mass is 10.3. The Balaban J connectivity index is 1.84. The van der Waals surface area contributed by atoms with E-state index in [1.165, 1.54) is 23.0 Å². The molecule has 0 radical (unpaired) electrons. The van der Waals surface area contributed by atoms with E-state index in [9.17, 15) is 14.9 Å². The summed E-state index contributed by atoms with van der Waals surface area (Å²) in [5.41, 5.74) is 0.573. The summed E-state index contributed by atoms with van der Waals surface area (Å²) >= 11 is 0. The number of hydrogen-bond donors (Lipinski definition) is 1. The van der Waals surface area contributed by atoms with Crippen LogP contribution >= 0.6 is 0 Å². The van der Waals surface area contributed by atoms with Gasteiger partial charge in [-0.3, -0.25) is 14.9 Å². The molecule has 0 bridgehead atoms. The number of hydrogen-bond acceptors (Lipinski definition) is 5. The number of furan rings is 1. The van der Waals surface area contributed by atoms with Crippen molar-refractivity contribution >= 4 is 17.4 Å². The van der Waals surface area contributed by atoms with Gasteiger partial charge in [0.1, 0.15) is 11.6 Å². The normalized spacial score (nSPS) is 10.5. The van der Waals surface area contributed by atoms with Gasteiger partial charge >= 0.3 is 0 Å². The molecule has 1 aromatic carbocycles. The summed E-state index contributed by atoms with van der Waals surface area (Å²) in [6.07, 6.45) is 1.52. The topological polar surface area (TPSA) is 103 Å². The summed E-state index contributed by atoms with van der Waals surface area (Å²) in [6.45, 7) is 1.75. The third-order valence-electron chi connectivity index (χ3n) is 3.15. The first-order valence-corrected chi connectivity index (χ1v) is 6.71. The van der Waals surface area contributed by atoms with Crippen LogP contribution in [0.3, 0.4) is 0 Å². The smallest absolute Gasteiger partial charge is 0.292 e. The van der Waals surface area contributed by atoms with Crippen molar-refractivity contribution in [3.8, 4) is 5.69 Å². The predicted molar refractivity (Wildman–Crippen MR) is 81.6 cm³/mol. The van der Waals surface area contributed by atoms with Gasteiger partial charge in [-0.2, -0.15) is 5.10 Å². The number of benzene rings is 1. The molecule has 0 saturated carbocycles. The van der Waals surface area contributed by atoms with Crippen LogP contribution < -0.4 is 5.32 Å². The van der Waals surface area contributed by atoms with Crippen LogP contribution in [0.15, 0.2) is 53.1 Å². The molecule has 2 aromatic heterocycles. The minimum Gasteiger partial charge on any atom is -0.456 e. The minimum absolute atomic E-state index is 0.0162. The molecule has 0 aliphatic rings. The zero-order chi connectivity index (χ0) is 16.4. The maximum Gasteiger partial charge on any atom is 0.292 e. The van der Waals surface area contributed by atoms with Crippen molar-refractivity contribution in [2.75, 3.05) is 5.32 Å². The second-order valence-electron chi connectivity index (χ2n) is 4.77. The molecule has 1 amide bonds. The number of nitro benzene ring substituents is 1. The van der Waals surface area contributed by atoms with Crippen LogP contribution in [-0.4, -0.2) is 20.6 Å². The van der Waals surface area contributed by atoms with Crippen LogP contribution in [0, 0.1) is 17.0 Å². The van der Waals surface area contributed by atoms with Crippen molar-refractivity contribution in [3.05, 3.63) is 70.3 Å². The summed E-state index contributed by atoms with van der Waals surface area (Å²) in [5.74, 6) is 0.859. The molecule has 0 aliphatic heterocycles. The molecule has 2 heterocycles. The van der Waals surface area contributed by atoms with E-state index < -0.39 is 10.8 Å². The van der Waals surface area contributed by atoms with Crippen molar-refractivity contribution in [1.82, 2.24) is 9.78 Å². The molecule has 8 heteroatoms. The maximum atomic E-state index is 12.1. The van der Waals surface area contributed by atoms with Crippen LogP contribution in [0.4, 0.5) is 11.5 Å². The number of carbonyl (C=O) groups excluding carboxylic acids is 1. The predicted octanol–water partition coefficient (Wildman–Crippen LogP) is 2.93. The number of aromatic nitrogens is 2. The van der Waals surface area contributed by atoms with Crippen molar-refractivity contribution in [3.63, 3.8) is 0 Å². The first kappa shape index (κ1) is 14.5. The second-order valence-corrected chi connectivity index (χ2v) is 4.77. The van der Waals surface area contributed by atoms with E-state index in [0.29, 0.717) is 17.3 Å². The zero-order valence-electron chi connectivity index (χ0n) is 12.1. The van der Waals surface area contributed by atoms with Gasteiger partial charge in [0.2, 0.25) is 0 Å². The Kier molecular flexibility index (Phi) is 3.63. The highest BCUT2D eigenvalue weighted by atomic mass is 16.6. The molecule has 1 N–H and O–H groups in total. The Bertz CT molecular complexity index is 864. The van der Waals surface area contributed by atoms with E-state index in [2.05, 4.69) is 10.4 Å². The summed E-state index contributed by atoms with van der Waals surface area (Å²) < 4.78 is 6.73. The first-order valence-electron chi connectivity index (χ1n) is 6.71. The molecular weight excluding hydrogens is 300 g/mol. The average Bonchev–Trinajstić information content (AvgIpc) is 3.16. The van der Waals surface area contributed by atoms with Crippen LogP contribution in [0.2, 0.25) is 0 Å². The number of non-ortho nitro benzene ring substituents is 1. The highest BCUT2D eigenvalue weighted by Crippen LogP contribution is 2.19. The Morgan fingerprint density at radius 3 is 2.57 bits per heavy atom. The van der Waals surface area contributed by atoms with E-state index in [1.807, 2.05) is 0 Å². The van der Waals surface area contributed by atoms with Crippen molar-refractivity contribution in [2.24, 2.45) is 0 Å². The molecule has 116 valence electrons. The molecular formula is C15H12N4O4. The van der Waals surface area contributed by atoms with Crippen molar-refractivity contribution in [1.29, 1.82) is 0 Å². The number of nitro groups is 1. The molecule has 0 saturated heterocycles. The van der Waals surface area contributed by atoms with Crippen LogP contribution in [0.5, 0.6) is 0 Å². The van der Waals surface area contributed by atoms with Crippen LogP contribution in [0.1, 0.15) is 16.3 Å². The Hall–Kier alpha value is -3.42. The molecule has 0 atom stereocenters. The lowest BCUT2D eigenvalue weighted by Gasteiger charge is -2.07. The third kappa shape index (κ3) is 2.95. The molecule has 8 nitrogen and oxygen atoms in total. The monoisotopic (exact) mass is 312 g/mol. The standard InChI is InChI=1S/C15H12N4O4/c1-10-2-7-13(23-10)15(20)17-14-8-9-16-18(14)11-3-5-12(6-4-11)19(21)22/h2-9H,1H3,(H,17,20). The maximum absolute atomic E-state index is 12.1. The second kappa shape index (κ2) is 5.76. The Morgan fingerprint density at radius 2 is 1.96 bits per heavy atom. The first-order chi connectivity index (χ1) is 11.0. The van der Waals surface area contributed by atoms with Gasteiger partial charge in [-0.1, -0.05) is 0 Å². The molecule has 0 unspecified atom stereocenters. The average molecular weight is 312 g/mol. The molecule has 0 spiro atoms. The summed E-state index contributed by atoms with van der Waals surface area (Å²) in [5, 5.41) is 17.5. The lowest BCUT2D eigenvalue weighted by Crippen LogP contribution is -2.14. The summed E-state index contributed by atoms with van der Waals surface area (Å²) in [4.78, 5) is 22.3. The SMILES string of the molecule is Cc1ccc(C(=O)Nc2ccnn2-c2ccc([N+](=O)[O-])cc2)o1. The largest absolute Gasteiger partial charge is 0.456 e. The fourth-order valence-corrected chi connectivity index (χ4v) is 2.05. The number of anilines is 1. The summed E-state index contributed by atoms with van der Waals surface area (Å²) in [6, 6.07) is 10.8. The van der Waals surface area contributed by atoms with Gasteiger partial charge in [0, 0.05) is 18.2 Å². The number of amides is 1. The van der Waals surface area contributed by atoms with Gasteiger partial charge < -0.3 is 9.73 Å². The highest BCUT2D eigenvalue weighted by Gasteiger charge is 2.14. The molecule has 0 aliphatic carbocycles. The van der Waals surface area contributed by atoms with E-state index >= 15 is 0 Å². The fraction of sp³-hybridized carbons (Fsp3) is 0.0667. The van der Waals surface area contributed by atoms with Gasteiger partial charge in [0.05, 0.1) is 16.8 Å². The van der Waals surface area contributed by atoms with E-state index in [4.69, 9.17) is 4.42 Å². The number of rotatable bonds is 4. The molecule has 23 heavy (non-hydrogen) atoms. The minimum atomic E-state index is -0.477. The Morgan fingerprint density at radius 1 is 1.22 bits per heavy atom. The fourth-order valence-electron chi connectivity index (χ4n) is 2.05. The van der Waals surface area contributed by atoms with Crippen molar-refractivity contribution in [2.45, 2.75) is 6.92 Å². The summed E-state index contributed by atoms with van der Waals surface area (Å²) in [7, 11) is 0. The van der Waals surface area contributed by atoms with Gasteiger partial charge in [-0.05, 0) is 31.2 Å². The number of nitrogens with one attached hydrogen (secondary N) is 1. The molecule has 3 aromatic rings. The van der Waals surface area contributed by atoms with E-state index in [1.54, 1.807) is 37.3 Å². The van der Waals surface area contributed by atoms with E-state index in [0.717, 1.165) is 0 Å². The lowest BCUT2D eigenvalue weighted by molar-refractivity contribution is -0.384. The highest BCUT2D eigenvalue weighted by molar-refractivity contribution is 6.01. The quantitative estimate of drug-likeness (QED) is 0.589. The Labute approximate surface area is 130 Å². The zero-order valence-corrected chi connectivity index (χ0v) is 12.1. The number of nitrogens with zero attached hydrogens (tertiary/aromatic N) is 3. The van der Waals surface area contributed by atoms with Crippen LogP contribution in [0.25, 0.3) is 5.69 Å². The molecule has 0 fully saturated rings. The number of aryl methyl sites for hydroxylation is 1. The van der Waals surface area contributed by atoms with E-state index in [-0.39, 0.29) is 11.4 Å².